The first-order valence-electron chi connectivity index (χ1n) is 10.0. The summed E-state index contributed by atoms with van der Waals surface area (Å²) in [6, 6.07) is 19.6. The fraction of sp³-hybridized carbons (Fsp3) is 0.217. The van der Waals surface area contributed by atoms with Crippen LogP contribution in [0.4, 0.5) is 0 Å². The summed E-state index contributed by atoms with van der Waals surface area (Å²) in [5, 5.41) is -0.364. The molecule has 168 valence electrons. The maximum atomic E-state index is 13.1. The standard InChI is InChI=1S/C23H22ClNO5S2/c1-17-4-2-3-5-23(17)30-19-8-12-21(13-9-19)32(28,29)25-15-14-22(16-25)31(26,27)20-10-6-18(24)7-11-20/h2-13,22H,14-16H2,1H3. The molecule has 0 N–H and O–H groups in total. The normalized spacial score (nSPS) is 17.4. The van der Waals surface area contributed by atoms with Gasteiger partial charge in [0.05, 0.1) is 15.0 Å². The molecule has 1 fully saturated rings. The van der Waals surface area contributed by atoms with Crippen molar-refractivity contribution < 1.29 is 21.6 Å². The van der Waals surface area contributed by atoms with Gasteiger partial charge in [0, 0.05) is 18.1 Å². The molecule has 1 atom stereocenters. The second kappa shape index (κ2) is 8.86. The highest BCUT2D eigenvalue weighted by atomic mass is 35.5. The van der Waals surface area contributed by atoms with Crippen molar-refractivity contribution in [2.24, 2.45) is 0 Å². The Bertz CT molecular complexity index is 1320. The minimum Gasteiger partial charge on any atom is -0.457 e. The van der Waals surface area contributed by atoms with Crippen LogP contribution in [0.5, 0.6) is 11.5 Å². The Morgan fingerprint density at radius 1 is 0.875 bits per heavy atom. The molecule has 3 aromatic rings. The number of hydrogen-bond donors (Lipinski definition) is 0. The van der Waals surface area contributed by atoms with Crippen LogP contribution in [0.25, 0.3) is 0 Å². The van der Waals surface area contributed by atoms with Crippen molar-refractivity contribution >= 4 is 31.5 Å². The van der Waals surface area contributed by atoms with Crippen LogP contribution < -0.4 is 4.74 Å². The van der Waals surface area contributed by atoms with Crippen molar-refractivity contribution in [3.63, 3.8) is 0 Å². The van der Waals surface area contributed by atoms with Gasteiger partial charge in [0.2, 0.25) is 10.0 Å². The number of benzene rings is 3. The van der Waals surface area contributed by atoms with E-state index in [1.807, 2.05) is 31.2 Å². The maximum Gasteiger partial charge on any atom is 0.243 e. The van der Waals surface area contributed by atoms with Gasteiger partial charge in [-0.05, 0) is 73.5 Å². The van der Waals surface area contributed by atoms with Crippen molar-refractivity contribution in [1.29, 1.82) is 0 Å². The van der Waals surface area contributed by atoms with Gasteiger partial charge in [0.1, 0.15) is 11.5 Å². The summed E-state index contributed by atoms with van der Waals surface area (Å²) >= 11 is 5.85. The second-order valence-corrected chi connectivity index (χ2v) is 12.2. The van der Waals surface area contributed by atoms with Crippen LogP contribution in [-0.4, -0.2) is 39.5 Å². The zero-order chi connectivity index (χ0) is 22.9. The van der Waals surface area contributed by atoms with E-state index < -0.39 is 25.1 Å². The van der Waals surface area contributed by atoms with Gasteiger partial charge >= 0.3 is 0 Å². The zero-order valence-electron chi connectivity index (χ0n) is 17.3. The largest absolute Gasteiger partial charge is 0.457 e. The molecule has 1 heterocycles. The Balaban J connectivity index is 1.49. The number of sulfone groups is 1. The molecule has 6 nitrogen and oxygen atoms in total. The SMILES string of the molecule is Cc1ccccc1Oc1ccc(S(=O)(=O)N2CCC(S(=O)(=O)c3ccc(Cl)cc3)C2)cc1. The molecule has 0 aromatic heterocycles. The summed E-state index contributed by atoms with van der Waals surface area (Å²) < 4.78 is 59.1. The minimum atomic E-state index is -3.83. The Labute approximate surface area is 193 Å². The fourth-order valence-corrected chi connectivity index (χ4v) is 7.03. The molecule has 0 amide bonds. The second-order valence-electron chi connectivity index (χ2n) is 7.61. The third-order valence-electron chi connectivity index (χ3n) is 5.47. The molecule has 0 aliphatic carbocycles. The predicted molar refractivity (Wildman–Crippen MR) is 123 cm³/mol. The molecule has 1 saturated heterocycles. The third kappa shape index (κ3) is 4.54. The van der Waals surface area contributed by atoms with Crippen LogP contribution in [0.15, 0.2) is 82.6 Å². The highest BCUT2D eigenvalue weighted by Crippen LogP contribution is 2.30. The van der Waals surface area contributed by atoms with E-state index in [0.29, 0.717) is 16.5 Å². The first-order chi connectivity index (χ1) is 15.2. The average Bonchev–Trinajstić information content (AvgIpc) is 3.28. The van der Waals surface area contributed by atoms with Crippen molar-refractivity contribution in [1.82, 2.24) is 4.31 Å². The van der Waals surface area contributed by atoms with E-state index in [1.54, 1.807) is 12.1 Å². The minimum absolute atomic E-state index is 0.0885. The number of aryl methyl sites for hydroxylation is 1. The Kier molecular flexibility index (Phi) is 6.31. The molecule has 0 saturated carbocycles. The number of rotatable bonds is 6. The van der Waals surface area contributed by atoms with Crippen molar-refractivity contribution in [2.45, 2.75) is 28.4 Å². The predicted octanol–water partition coefficient (Wildman–Crippen LogP) is 4.68. The summed E-state index contributed by atoms with van der Waals surface area (Å²) in [6.45, 7) is 1.98. The number of para-hydroxylation sites is 1. The number of sulfonamides is 1. The first-order valence-corrected chi connectivity index (χ1v) is 13.4. The van der Waals surface area contributed by atoms with Gasteiger partial charge in [0.15, 0.2) is 9.84 Å². The Hall–Kier alpha value is -2.39. The molecule has 9 heteroatoms. The molecule has 4 rings (SSSR count). The van der Waals surface area contributed by atoms with E-state index >= 15 is 0 Å². The summed E-state index contributed by atoms with van der Waals surface area (Å²) in [6.07, 6.45) is 0.235. The molecular formula is C23H22ClNO5S2. The van der Waals surface area contributed by atoms with E-state index in [4.69, 9.17) is 16.3 Å². The molecule has 1 aliphatic rings. The number of ether oxygens (including phenoxy) is 1. The molecular weight excluding hydrogens is 470 g/mol. The van der Waals surface area contributed by atoms with Crippen LogP contribution in [0.2, 0.25) is 5.02 Å². The lowest BCUT2D eigenvalue weighted by Gasteiger charge is -2.17. The Morgan fingerprint density at radius 2 is 1.50 bits per heavy atom. The summed E-state index contributed by atoms with van der Waals surface area (Å²) in [5.41, 5.74) is 0.967. The van der Waals surface area contributed by atoms with Gasteiger partial charge in [-0.25, -0.2) is 16.8 Å². The van der Waals surface area contributed by atoms with E-state index in [9.17, 15) is 16.8 Å². The molecule has 1 unspecified atom stereocenters. The van der Waals surface area contributed by atoms with Gasteiger partial charge in [-0.2, -0.15) is 4.31 Å². The van der Waals surface area contributed by atoms with Gasteiger partial charge in [-0.1, -0.05) is 29.8 Å². The lowest BCUT2D eigenvalue weighted by Crippen LogP contribution is -2.32. The summed E-state index contributed by atoms with van der Waals surface area (Å²) in [7, 11) is -7.49. The van der Waals surface area contributed by atoms with Crippen LogP contribution in [-0.2, 0) is 19.9 Å². The van der Waals surface area contributed by atoms with Gasteiger partial charge in [-0.15, -0.1) is 0 Å². The zero-order valence-corrected chi connectivity index (χ0v) is 19.7. The topological polar surface area (TPSA) is 80.8 Å². The molecule has 0 spiro atoms. The van der Waals surface area contributed by atoms with Crippen molar-refractivity contribution in [3.05, 3.63) is 83.4 Å². The van der Waals surface area contributed by atoms with Gasteiger partial charge in [-0.3, -0.25) is 0 Å². The van der Waals surface area contributed by atoms with Crippen molar-refractivity contribution in [3.8, 4) is 11.5 Å². The highest BCUT2D eigenvalue weighted by Gasteiger charge is 2.39. The molecule has 0 radical (unpaired) electrons. The van der Waals surface area contributed by atoms with E-state index in [2.05, 4.69) is 0 Å². The van der Waals surface area contributed by atoms with Crippen LogP contribution in [0.3, 0.4) is 0 Å². The van der Waals surface area contributed by atoms with Gasteiger partial charge < -0.3 is 4.74 Å². The smallest absolute Gasteiger partial charge is 0.243 e. The van der Waals surface area contributed by atoms with Gasteiger partial charge in [0.25, 0.3) is 0 Å². The third-order valence-corrected chi connectivity index (χ3v) is 9.79. The monoisotopic (exact) mass is 491 g/mol. The number of halogens is 1. The molecule has 0 bridgehead atoms. The van der Waals surface area contributed by atoms with E-state index in [0.717, 1.165) is 5.56 Å². The van der Waals surface area contributed by atoms with Crippen LogP contribution >= 0.6 is 11.6 Å². The highest BCUT2D eigenvalue weighted by molar-refractivity contribution is 7.92. The maximum absolute atomic E-state index is 13.1. The quantitative estimate of drug-likeness (QED) is 0.500. The Morgan fingerprint density at radius 3 is 2.16 bits per heavy atom. The van der Waals surface area contributed by atoms with Crippen LogP contribution in [0, 0.1) is 6.92 Å². The average molecular weight is 492 g/mol. The first kappa shape index (κ1) is 22.8. The van der Waals surface area contributed by atoms with E-state index in [1.165, 1.54) is 40.7 Å². The molecule has 1 aliphatic heterocycles. The number of nitrogens with zero attached hydrogens (tertiary/aromatic N) is 1. The van der Waals surface area contributed by atoms with Crippen molar-refractivity contribution in [2.75, 3.05) is 13.1 Å². The molecule has 3 aromatic carbocycles. The lowest BCUT2D eigenvalue weighted by molar-refractivity contribution is 0.473. The summed E-state index contributed by atoms with van der Waals surface area (Å²) in [5.74, 6) is 1.21. The molecule has 32 heavy (non-hydrogen) atoms. The van der Waals surface area contributed by atoms with Crippen LogP contribution in [0.1, 0.15) is 12.0 Å². The fourth-order valence-electron chi connectivity index (χ4n) is 3.61. The lowest BCUT2D eigenvalue weighted by atomic mass is 10.2. The number of hydrogen-bond acceptors (Lipinski definition) is 5. The van der Waals surface area contributed by atoms with E-state index in [-0.39, 0.29) is 29.3 Å². The summed E-state index contributed by atoms with van der Waals surface area (Å²) in [4.78, 5) is 0.239.